The van der Waals surface area contributed by atoms with Crippen LogP contribution in [0.4, 0.5) is 0 Å². The first-order valence-corrected chi connectivity index (χ1v) is 2.90. The molecule has 3 heteroatoms. The largest absolute Gasteiger partial charge is 0.298 e. The van der Waals surface area contributed by atoms with Gasteiger partial charge in [-0.3, -0.25) is 14.8 Å². The summed E-state index contributed by atoms with van der Waals surface area (Å²) < 4.78 is 0. The van der Waals surface area contributed by atoms with E-state index >= 15 is 0 Å². The lowest BCUT2D eigenvalue weighted by Gasteiger charge is -1.88. The molecular formula is C7H4N2O. The van der Waals surface area contributed by atoms with E-state index in [-0.39, 0.29) is 0 Å². The van der Waals surface area contributed by atoms with Crippen LogP contribution >= 0.6 is 0 Å². The lowest BCUT2D eigenvalue weighted by molar-refractivity contribution is -0.104. The lowest BCUT2D eigenvalue weighted by atomic mass is 10.1. The number of nitrogens with zero attached hydrogens (tertiary/aromatic N) is 2. The van der Waals surface area contributed by atoms with Gasteiger partial charge in [-0.2, -0.15) is 0 Å². The molecule has 48 valence electrons. The van der Waals surface area contributed by atoms with E-state index in [0.29, 0.717) is 11.3 Å². The smallest absolute Gasteiger partial charge is 0.153 e. The van der Waals surface area contributed by atoms with Gasteiger partial charge in [-0.25, -0.2) is 0 Å². The monoisotopic (exact) mass is 132 g/mol. The van der Waals surface area contributed by atoms with Gasteiger partial charge in [-0.15, -0.1) is 0 Å². The molecule has 0 saturated carbocycles. The molecule has 0 aromatic heterocycles. The minimum Gasteiger partial charge on any atom is -0.298 e. The third kappa shape index (κ3) is 0.515. The Kier molecular flexibility index (Phi) is 0.917. The summed E-state index contributed by atoms with van der Waals surface area (Å²) in [6, 6.07) is 0. The Bertz CT molecular complexity index is 308. The van der Waals surface area contributed by atoms with Crippen molar-refractivity contribution in [3.05, 3.63) is 24.0 Å². The number of hydrogen-bond donors (Lipinski definition) is 0. The first-order valence-electron chi connectivity index (χ1n) is 2.90. The molecule has 0 aromatic carbocycles. The van der Waals surface area contributed by atoms with Gasteiger partial charge in [-0.05, 0) is 6.08 Å². The van der Waals surface area contributed by atoms with Crippen molar-refractivity contribution in [2.45, 2.75) is 0 Å². The second-order valence-corrected chi connectivity index (χ2v) is 2.01. The van der Waals surface area contributed by atoms with E-state index in [1.807, 2.05) is 0 Å². The lowest BCUT2D eigenvalue weighted by Crippen LogP contribution is -2.06. The average Bonchev–Trinajstić information content (AvgIpc) is 2.44. The highest BCUT2D eigenvalue weighted by Gasteiger charge is 2.18. The van der Waals surface area contributed by atoms with Crippen LogP contribution in [0.25, 0.3) is 0 Å². The van der Waals surface area contributed by atoms with E-state index in [4.69, 9.17) is 0 Å². The van der Waals surface area contributed by atoms with Gasteiger partial charge in [0, 0.05) is 12.4 Å². The van der Waals surface area contributed by atoms with Crippen LogP contribution in [0.2, 0.25) is 0 Å². The third-order valence-corrected chi connectivity index (χ3v) is 1.42. The maximum absolute atomic E-state index is 10.3. The van der Waals surface area contributed by atoms with Crippen LogP contribution in [0, 0.1) is 0 Å². The molecular weight excluding hydrogens is 128 g/mol. The molecule has 0 atom stereocenters. The van der Waals surface area contributed by atoms with E-state index in [0.717, 1.165) is 12.0 Å². The normalized spacial score (nSPS) is 19.8. The van der Waals surface area contributed by atoms with Crippen molar-refractivity contribution in [3.8, 4) is 0 Å². The SMILES string of the molecule is O=CC1=CN=C2C=CN=C12. The number of hydrogen-bond acceptors (Lipinski definition) is 3. The number of carbonyl (C=O) groups excluding carboxylic acids is 1. The molecule has 0 aromatic rings. The van der Waals surface area contributed by atoms with Gasteiger partial charge in [0.25, 0.3) is 0 Å². The minimum absolute atomic E-state index is 0.569. The van der Waals surface area contributed by atoms with Crippen LogP contribution in [0.3, 0.4) is 0 Å². The fourth-order valence-electron chi connectivity index (χ4n) is 0.941. The molecule has 10 heavy (non-hydrogen) atoms. The van der Waals surface area contributed by atoms with Crippen LogP contribution in [-0.4, -0.2) is 17.7 Å². The highest BCUT2D eigenvalue weighted by molar-refractivity contribution is 6.58. The fourth-order valence-corrected chi connectivity index (χ4v) is 0.941. The van der Waals surface area contributed by atoms with Crippen molar-refractivity contribution >= 4 is 17.7 Å². The van der Waals surface area contributed by atoms with Crippen molar-refractivity contribution in [2.24, 2.45) is 9.98 Å². The van der Waals surface area contributed by atoms with E-state index in [1.54, 1.807) is 12.3 Å². The van der Waals surface area contributed by atoms with Gasteiger partial charge in [0.05, 0.1) is 11.3 Å². The summed E-state index contributed by atoms with van der Waals surface area (Å²) in [5.74, 6) is 0. The first kappa shape index (κ1) is 5.29. The van der Waals surface area contributed by atoms with Gasteiger partial charge in [0.2, 0.25) is 0 Å². The molecule has 2 heterocycles. The van der Waals surface area contributed by atoms with Crippen molar-refractivity contribution in [3.63, 3.8) is 0 Å². The molecule has 3 nitrogen and oxygen atoms in total. The topological polar surface area (TPSA) is 41.8 Å². The molecule has 2 rings (SSSR count). The predicted octanol–water partition coefficient (Wildman–Crippen LogP) is 0.492. The molecule has 0 amide bonds. The van der Waals surface area contributed by atoms with Crippen molar-refractivity contribution < 1.29 is 4.79 Å². The zero-order valence-corrected chi connectivity index (χ0v) is 5.11. The number of allylic oxidation sites excluding steroid dienone is 2. The fraction of sp³-hybridized carbons (Fsp3) is 0. The van der Waals surface area contributed by atoms with Crippen LogP contribution in [0.5, 0.6) is 0 Å². The second-order valence-electron chi connectivity index (χ2n) is 2.01. The van der Waals surface area contributed by atoms with E-state index in [9.17, 15) is 4.79 Å². The Morgan fingerprint density at radius 1 is 1.40 bits per heavy atom. The molecule has 0 aliphatic carbocycles. The van der Waals surface area contributed by atoms with E-state index in [1.165, 1.54) is 6.20 Å². The van der Waals surface area contributed by atoms with Crippen LogP contribution in [-0.2, 0) is 4.79 Å². The second kappa shape index (κ2) is 1.73. The number of rotatable bonds is 1. The zero-order chi connectivity index (χ0) is 6.97. The maximum Gasteiger partial charge on any atom is 0.153 e. The summed E-state index contributed by atoms with van der Waals surface area (Å²) in [5, 5.41) is 0. The van der Waals surface area contributed by atoms with Crippen LogP contribution in [0.15, 0.2) is 34.0 Å². The maximum atomic E-state index is 10.3. The summed E-state index contributed by atoms with van der Waals surface area (Å²) in [5.41, 5.74) is 2.07. The summed E-state index contributed by atoms with van der Waals surface area (Å²) in [4.78, 5) is 18.2. The molecule has 0 spiro atoms. The molecule has 2 aliphatic rings. The number of fused-ring (bicyclic) bond motifs is 1. The number of aldehydes is 1. The first-order chi connectivity index (χ1) is 4.92. The van der Waals surface area contributed by atoms with Crippen molar-refractivity contribution in [1.82, 2.24) is 0 Å². The molecule has 0 unspecified atom stereocenters. The molecule has 2 aliphatic heterocycles. The Morgan fingerprint density at radius 3 is 3.10 bits per heavy atom. The standard InChI is InChI=1S/C7H4N2O/c10-4-5-3-9-6-1-2-8-7(5)6/h1-4H. The Hall–Kier alpha value is -1.51. The van der Waals surface area contributed by atoms with E-state index < -0.39 is 0 Å². The van der Waals surface area contributed by atoms with Crippen molar-refractivity contribution in [2.75, 3.05) is 0 Å². The zero-order valence-electron chi connectivity index (χ0n) is 5.11. The minimum atomic E-state index is 0.569. The Balaban J connectivity index is 2.46. The highest BCUT2D eigenvalue weighted by Crippen LogP contribution is 2.12. The van der Waals surface area contributed by atoms with E-state index in [2.05, 4.69) is 9.98 Å². The van der Waals surface area contributed by atoms with Gasteiger partial charge in [0.1, 0.15) is 5.71 Å². The van der Waals surface area contributed by atoms with Gasteiger partial charge in [0.15, 0.2) is 6.29 Å². The molecule has 0 radical (unpaired) electrons. The molecule has 0 fully saturated rings. The summed E-state index contributed by atoms with van der Waals surface area (Å²) in [6.45, 7) is 0. The molecule has 0 saturated heterocycles. The number of aliphatic imine (C=N–C) groups is 2. The summed E-state index contributed by atoms with van der Waals surface area (Å²) in [7, 11) is 0. The van der Waals surface area contributed by atoms with Crippen molar-refractivity contribution in [1.29, 1.82) is 0 Å². The Morgan fingerprint density at radius 2 is 2.30 bits per heavy atom. The summed E-state index contributed by atoms with van der Waals surface area (Å²) >= 11 is 0. The van der Waals surface area contributed by atoms with Crippen LogP contribution < -0.4 is 0 Å². The van der Waals surface area contributed by atoms with Crippen LogP contribution in [0.1, 0.15) is 0 Å². The Labute approximate surface area is 57.5 Å². The average molecular weight is 132 g/mol. The molecule has 0 bridgehead atoms. The summed E-state index contributed by atoms with van der Waals surface area (Å²) in [6.07, 6.45) is 5.72. The third-order valence-electron chi connectivity index (χ3n) is 1.42. The highest BCUT2D eigenvalue weighted by atomic mass is 16.1. The quantitative estimate of drug-likeness (QED) is 0.479. The predicted molar refractivity (Wildman–Crippen MR) is 38.2 cm³/mol. The van der Waals surface area contributed by atoms with Gasteiger partial charge >= 0.3 is 0 Å². The van der Waals surface area contributed by atoms with Gasteiger partial charge in [-0.1, -0.05) is 0 Å². The van der Waals surface area contributed by atoms with Gasteiger partial charge < -0.3 is 0 Å². The molecule has 0 N–H and O–H groups in total. The number of carbonyl (C=O) groups is 1.